The Morgan fingerprint density at radius 2 is 1.46 bits per heavy atom. The molecule has 5 rings (SSSR count). The maximum atomic E-state index is 11.8. The van der Waals surface area contributed by atoms with Gasteiger partial charge in [0.2, 0.25) is 0 Å². The Labute approximate surface area is 164 Å². The second-order valence-electron chi connectivity index (χ2n) is 7.35. The summed E-state index contributed by atoms with van der Waals surface area (Å²) in [5.41, 5.74) is 2.60. The molecule has 4 aromatic rings. The van der Waals surface area contributed by atoms with Crippen molar-refractivity contribution in [2.24, 2.45) is 0 Å². The molecule has 3 heteroatoms. The molecule has 138 valence electrons. The third kappa shape index (κ3) is 3.09. The number of para-hydroxylation sites is 1. The normalized spacial score (nSPS) is 20.6. The van der Waals surface area contributed by atoms with Gasteiger partial charge in [0.15, 0.2) is 0 Å². The van der Waals surface area contributed by atoms with Crippen LogP contribution in [-0.2, 0) is 16.8 Å². The number of fused-ring (bicyclic) bond motifs is 1. The third-order valence-electron chi connectivity index (χ3n) is 5.47. The lowest BCUT2D eigenvalue weighted by molar-refractivity contribution is 0.00647. The fraction of sp³-hybridized carbons (Fsp3) is 0.160. The number of aliphatic hydroxyl groups is 1. The number of nitrogens with zero attached hydrogens (tertiary/aromatic N) is 1. The van der Waals surface area contributed by atoms with Crippen molar-refractivity contribution in [3.05, 3.63) is 114 Å². The summed E-state index contributed by atoms with van der Waals surface area (Å²) >= 11 is 0. The molecule has 0 radical (unpaired) electrons. The molecule has 2 heterocycles. The molecule has 1 N–H and O–H groups in total. The van der Waals surface area contributed by atoms with Gasteiger partial charge in [0, 0.05) is 17.5 Å². The summed E-state index contributed by atoms with van der Waals surface area (Å²) in [5, 5.41) is 12.9. The van der Waals surface area contributed by atoms with Gasteiger partial charge in [0.05, 0.1) is 5.52 Å². The van der Waals surface area contributed by atoms with Gasteiger partial charge in [0.1, 0.15) is 17.8 Å². The minimum absolute atomic E-state index is 0.105. The number of aromatic nitrogens is 1. The highest BCUT2D eigenvalue weighted by molar-refractivity contribution is 5.78. The molecule has 0 aliphatic carbocycles. The first-order chi connectivity index (χ1) is 13.7. The van der Waals surface area contributed by atoms with Crippen LogP contribution in [-0.4, -0.2) is 16.2 Å². The zero-order chi connectivity index (χ0) is 19.0. The highest BCUT2D eigenvalue weighted by Gasteiger charge is 2.55. The molecule has 3 unspecified atom stereocenters. The zero-order valence-electron chi connectivity index (χ0n) is 15.4. The van der Waals surface area contributed by atoms with Gasteiger partial charge < -0.3 is 9.84 Å². The topological polar surface area (TPSA) is 45.7 Å². The minimum atomic E-state index is -1.14. The van der Waals surface area contributed by atoms with Crippen LogP contribution in [0.4, 0.5) is 0 Å². The van der Waals surface area contributed by atoms with Crippen molar-refractivity contribution < 1.29 is 9.84 Å². The molecule has 0 spiro atoms. The first-order valence-electron chi connectivity index (χ1n) is 9.57. The summed E-state index contributed by atoms with van der Waals surface area (Å²) in [6.45, 7) is 0. The minimum Gasteiger partial charge on any atom is -0.382 e. The first kappa shape index (κ1) is 17.1. The number of benzene rings is 3. The molecule has 3 aromatic carbocycles. The van der Waals surface area contributed by atoms with Gasteiger partial charge in [-0.1, -0.05) is 84.9 Å². The van der Waals surface area contributed by atoms with E-state index in [1.165, 1.54) is 0 Å². The predicted molar refractivity (Wildman–Crippen MR) is 110 cm³/mol. The Kier molecular flexibility index (Phi) is 4.19. The predicted octanol–water partition coefficient (Wildman–Crippen LogP) is 4.81. The lowest BCUT2D eigenvalue weighted by Gasteiger charge is -2.27. The van der Waals surface area contributed by atoms with E-state index >= 15 is 0 Å². The van der Waals surface area contributed by atoms with E-state index in [9.17, 15) is 5.11 Å². The van der Waals surface area contributed by atoms with Crippen molar-refractivity contribution in [3.63, 3.8) is 0 Å². The average Bonchev–Trinajstić information content (AvgIpc) is 3.57. The number of hydrogen-bond acceptors (Lipinski definition) is 3. The molecule has 1 fully saturated rings. The van der Waals surface area contributed by atoms with E-state index < -0.39 is 5.60 Å². The van der Waals surface area contributed by atoms with Gasteiger partial charge in [-0.3, -0.25) is 4.98 Å². The molecule has 1 aromatic heterocycles. The highest BCUT2D eigenvalue weighted by Crippen LogP contribution is 2.50. The molecule has 1 aliphatic rings. The number of hydrogen-bond donors (Lipinski definition) is 1. The van der Waals surface area contributed by atoms with E-state index in [1.807, 2.05) is 91.0 Å². The summed E-state index contributed by atoms with van der Waals surface area (Å²) in [6, 6.07) is 32.0. The van der Waals surface area contributed by atoms with E-state index in [0.717, 1.165) is 27.7 Å². The maximum absolute atomic E-state index is 11.8. The van der Waals surface area contributed by atoms with E-state index in [4.69, 9.17) is 9.72 Å². The lowest BCUT2D eigenvalue weighted by atomic mass is 9.83. The van der Waals surface area contributed by atoms with Crippen LogP contribution in [0.25, 0.3) is 10.9 Å². The number of epoxide rings is 1. The lowest BCUT2D eigenvalue weighted by Crippen LogP contribution is -2.35. The van der Waals surface area contributed by atoms with Crippen molar-refractivity contribution in [1.82, 2.24) is 4.98 Å². The Morgan fingerprint density at radius 3 is 2.25 bits per heavy atom. The Hall–Kier alpha value is -3.01. The molecular formula is C25H21NO2. The molecular weight excluding hydrogens is 346 g/mol. The summed E-state index contributed by atoms with van der Waals surface area (Å²) in [5.74, 6) is 0. The van der Waals surface area contributed by atoms with Crippen molar-refractivity contribution in [3.8, 4) is 0 Å². The molecule has 3 atom stereocenters. The molecule has 1 saturated heterocycles. The zero-order valence-corrected chi connectivity index (χ0v) is 15.4. The summed E-state index contributed by atoms with van der Waals surface area (Å²) < 4.78 is 6.00. The van der Waals surface area contributed by atoms with E-state index in [1.54, 1.807) is 0 Å². The van der Waals surface area contributed by atoms with E-state index in [0.29, 0.717) is 6.42 Å². The third-order valence-corrected chi connectivity index (χ3v) is 5.47. The fourth-order valence-electron chi connectivity index (χ4n) is 3.95. The Balaban J connectivity index is 1.51. The quantitative estimate of drug-likeness (QED) is 0.515. The molecule has 0 bridgehead atoms. The SMILES string of the molecule is OC(Cc1ccc2ccccc2n1)(c1ccccc1)C1OC1c1ccccc1. The van der Waals surface area contributed by atoms with Gasteiger partial charge in [-0.05, 0) is 23.3 Å². The second kappa shape index (κ2) is 6.86. The van der Waals surface area contributed by atoms with Crippen LogP contribution >= 0.6 is 0 Å². The fourth-order valence-corrected chi connectivity index (χ4v) is 3.95. The molecule has 0 amide bonds. The molecule has 28 heavy (non-hydrogen) atoms. The van der Waals surface area contributed by atoms with Crippen molar-refractivity contribution >= 4 is 10.9 Å². The second-order valence-corrected chi connectivity index (χ2v) is 7.35. The van der Waals surface area contributed by atoms with Crippen LogP contribution in [0, 0.1) is 0 Å². The smallest absolute Gasteiger partial charge is 0.124 e. The van der Waals surface area contributed by atoms with Gasteiger partial charge >= 0.3 is 0 Å². The number of pyridine rings is 1. The molecule has 3 nitrogen and oxygen atoms in total. The maximum Gasteiger partial charge on any atom is 0.124 e. The standard InChI is InChI=1S/C25H21NO2/c27-25(20-12-5-2-6-13-20,24-23(28-24)19-10-3-1-4-11-19)17-21-16-15-18-9-7-8-14-22(18)26-21/h1-16,23-24,27H,17H2. The Bertz CT molecular complexity index is 1100. The average molecular weight is 367 g/mol. The van der Waals surface area contributed by atoms with Crippen molar-refractivity contribution in [2.75, 3.05) is 0 Å². The van der Waals surface area contributed by atoms with Crippen LogP contribution in [0.15, 0.2) is 97.1 Å². The van der Waals surface area contributed by atoms with Gasteiger partial charge in [-0.2, -0.15) is 0 Å². The van der Waals surface area contributed by atoms with Gasteiger partial charge in [-0.25, -0.2) is 0 Å². The van der Waals surface area contributed by atoms with E-state index in [2.05, 4.69) is 6.07 Å². The summed E-state index contributed by atoms with van der Waals surface area (Å²) in [6.07, 6.45) is -0.00650. The molecule has 1 aliphatic heterocycles. The van der Waals surface area contributed by atoms with Crippen LogP contribution in [0.3, 0.4) is 0 Å². The van der Waals surface area contributed by atoms with Gasteiger partial charge in [-0.15, -0.1) is 0 Å². The number of ether oxygens (including phenoxy) is 1. The summed E-state index contributed by atoms with van der Waals surface area (Å²) in [7, 11) is 0. The van der Waals surface area contributed by atoms with Crippen LogP contribution in [0.2, 0.25) is 0 Å². The highest BCUT2D eigenvalue weighted by atomic mass is 16.6. The molecule has 0 saturated carbocycles. The monoisotopic (exact) mass is 367 g/mol. The number of rotatable bonds is 5. The largest absolute Gasteiger partial charge is 0.382 e. The Morgan fingerprint density at radius 1 is 0.786 bits per heavy atom. The van der Waals surface area contributed by atoms with Crippen LogP contribution < -0.4 is 0 Å². The summed E-state index contributed by atoms with van der Waals surface area (Å²) in [4.78, 5) is 4.78. The van der Waals surface area contributed by atoms with E-state index in [-0.39, 0.29) is 12.2 Å². The van der Waals surface area contributed by atoms with Crippen LogP contribution in [0.1, 0.15) is 22.9 Å². The van der Waals surface area contributed by atoms with Crippen molar-refractivity contribution in [2.45, 2.75) is 24.2 Å². The first-order valence-corrected chi connectivity index (χ1v) is 9.57. The van der Waals surface area contributed by atoms with Crippen molar-refractivity contribution in [1.29, 1.82) is 0 Å². The van der Waals surface area contributed by atoms with Gasteiger partial charge in [0.25, 0.3) is 0 Å². The van der Waals surface area contributed by atoms with Crippen LogP contribution in [0.5, 0.6) is 0 Å².